The average molecular weight is 270 g/mol. The van der Waals surface area contributed by atoms with Gasteiger partial charge in [0.1, 0.15) is 11.6 Å². The fraction of sp³-hybridized carbons (Fsp3) is 0.500. The molecule has 2 atom stereocenters. The quantitative estimate of drug-likeness (QED) is 0.832. The Labute approximate surface area is 112 Å². The summed E-state index contributed by atoms with van der Waals surface area (Å²) in [7, 11) is 0. The summed E-state index contributed by atoms with van der Waals surface area (Å²) in [4.78, 5) is 11.7. The minimum atomic E-state index is -0.598. The Kier molecular flexibility index (Phi) is 5.89. The van der Waals surface area contributed by atoms with Gasteiger partial charge in [-0.2, -0.15) is 0 Å². The van der Waals surface area contributed by atoms with Crippen molar-refractivity contribution in [1.29, 1.82) is 0 Å². The summed E-state index contributed by atoms with van der Waals surface area (Å²) in [5, 5.41) is 2.67. The van der Waals surface area contributed by atoms with E-state index in [4.69, 9.17) is 5.73 Å². The molecule has 0 aliphatic carbocycles. The maximum atomic E-state index is 13.5. The van der Waals surface area contributed by atoms with Crippen LogP contribution in [0.25, 0.3) is 0 Å². The predicted molar refractivity (Wildman–Crippen MR) is 70.6 cm³/mol. The van der Waals surface area contributed by atoms with Crippen LogP contribution in [0.1, 0.15) is 32.3 Å². The molecule has 1 aromatic carbocycles. The van der Waals surface area contributed by atoms with Gasteiger partial charge in [0.05, 0.1) is 6.04 Å². The molecular weight excluding hydrogens is 250 g/mol. The summed E-state index contributed by atoms with van der Waals surface area (Å²) in [5.74, 6) is -1.48. The summed E-state index contributed by atoms with van der Waals surface area (Å²) in [6, 6.07) is 2.78. The van der Waals surface area contributed by atoms with Crippen molar-refractivity contribution in [3.63, 3.8) is 0 Å². The van der Waals surface area contributed by atoms with E-state index < -0.39 is 17.7 Å². The van der Waals surface area contributed by atoms with Crippen molar-refractivity contribution in [2.45, 2.75) is 45.2 Å². The molecule has 3 N–H and O–H groups in total. The molecule has 19 heavy (non-hydrogen) atoms. The summed E-state index contributed by atoms with van der Waals surface area (Å²) in [6.07, 6.45) is 1.50. The molecule has 1 unspecified atom stereocenters. The van der Waals surface area contributed by atoms with Crippen LogP contribution >= 0.6 is 0 Å². The third-order valence-electron chi connectivity index (χ3n) is 2.90. The van der Waals surface area contributed by atoms with Crippen molar-refractivity contribution < 1.29 is 13.6 Å². The van der Waals surface area contributed by atoms with Gasteiger partial charge in [0.2, 0.25) is 5.91 Å². The van der Waals surface area contributed by atoms with E-state index in [1.54, 1.807) is 6.92 Å². The van der Waals surface area contributed by atoms with Crippen LogP contribution in [0.3, 0.4) is 0 Å². The summed E-state index contributed by atoms with van der Waals surface area (Å²) in [6.45, 7) is 3.63. The lowest BCUT2D eigenvalue weighted by atomic mass is 10.0. The van der Waals surface area contributed by atoms with E-state index in [0.717, 1.165) is 6.42 Å². The lowest BCUT2D eigenvalue weighted by molar-refractivity contribution is -0.123. The van der Waals surface area contributed by atoms with Crippen LogP contribution in [-0.2, 0) is 11.2 Å². The normalized spacial score (nSPS) is 13.9. The molecule has 0 spiro atoms. The fourth-order valence-corrected chi connectivity index (χ4v) is 1.88. The van der Waals surface area contributed by atoms with Gasteiger partial charge in [-0.05, 0) is 31.9 Å². The molecule has 3 nitrogen and oxygen atoms in total. The molecule has 0 heterocycles. The van der Waals surface area contributed by atoms with Crippen LogP contribution in [0.4, 0.5) is 8.78 Å². The molecule has 1 amide bonds. The number of rotatable bonds is 6. The van der Waals surface area contributed by atoms with E-state index in [1.807, 2.05) is 6.92 Å². The third-order valence-corrected chi connectivity index (χ3v) is 2.90. The molecule has 0 aliphatic heterocycles. The largest absolute Gasteiger partial charge is 0.352 e. The fourth-order valence-electron chi connectivity index (χ4n) is 1.88. The van der Waals surface area contributed by atoms with Crippen LogP contribution in [-0.4, -0.2) is 18.0 Å². The smallest absolute Gasteiger partial charge is 0.237 e. The number of nitrogens with two attached hydrogens (primary N) is 1. The first-order valence-corrected chi connectivity index (χ1v) is 6.44. The van der Waals surface area contributed by atoms with Crippen LogP contribution in [0.5, 0.6) is 0 Å². The number of nitrogens with one attached hydrogen (secondary N) is 1. The van der Waals surface area contributed by atoms with Gasteiger partial charge in [0.15, 0.2) is 0 Å². The van der Waals surface area contributed by atoms with Crippen molar-refractivity contribution in [3.05, 3.63) is 35.4 Å². The maximum absolute atomic E-state index is 13.5. The van der Waals surface area contributed by atoms with Gasteiger partial charge in [-0.15, -0.1) is 0 Å². The maximum Gasteiger partial charge on any atom is 0.237 e. The minimum absolute atomic E-state index is 0.0145. The molecule has 0 radical (unpaired) electrons. The lowest BCUT2D eigenvalue weighted by Crippen LogP contribution is -2.45. The number of amides is 1. The predicted octanol–water partition coefficient (Wildman–Crippen LogP) is 2.14. The SMILES string of the molecule is CCC[C@@H](N)C(=O)NC(C)Cc1c(F)cccc1F. The van der Waals surface area contributed by atoms with Gasteiger partial charge in [-0.25, -0.2) is 8.78 Å². The van der Waals surface area contributed by atoms with Crippen molar-refractivity contribution in [1.82, 2.24) is 5.32 Å². The number of hydrogen-bond acceptors (Lipinski definition) is 2. The van der Waals surface area contributed by atoms with Crippen molar-refractivity contribution in [3.8, 4) is 0 Å². The molecule has 5 heteroatoms. The van der Waals surface area contributed by atoms with Crippen molar-refractivity contribution >= 4 is 5.91 Å². The number of benzene rings is 1. The Morgan fingerprint density at radius 2 is 1.95 bits per heavy atom. The molecule has 0 saturated carbocycles. The summed E-state index contributed by atoms with van der Waals surface area (Å²) < 4.78 is 26.9. The summed E-state index contributed by atoms with van der Waals surface area (Å²) in [5.41, 5.74) is 5.65. The van der Waals surface area contributed by atoms with Crippen LogP contribution in [0.2, 0.25) is 0 Å². The van der Waals surface area contributed by atoms with E-state index in [2.05, 4.69) is 5.32 Å². The van der Waals surface area contributed by atoms with Crippen LogP contribution < -0.4 is 11.1 Å². The Morgan fingerprint density at radius 3 is 2.47 bits per heavy atom. The first-order valence-electron chi connectivity index (χ1n) is 6.44. The number of carbonyl (C=O) groups is 1. The Bertz CT molecular complexity index is 417. The molecule has 0 aliphatic rings. The van der Waals surface area contributed by atoms with E-state index in [1.165, 1.54) is 18.2 Å². The number of halogens is 2. The first kappa shape index (κ1) is 15.6. The van der Waals surface area contributed by atoms with Gasteiger partial charge in [-0.3, -0.25) is 4.79 Å². The second kappa shape index (κ2) is 7.19. The molecular formula is C14H20F2N2O. The highest BCUT2D eigenvalue weighted by atomic mass is 19.1. The van der Waals surface area contributed by atoms with E-state index in [9.17, 15) is 13.6 Å². The van der Waals surface area contributed by atoms with Crippen LogP contribution in [0, 0.1) is 11.6 Å². The Hall–Kier alpha value is -1.49. The van der Waals surface area contributed by atoms with Gasteiger partial charge < -0.3 is 11.1 Å². The second-order valence-electron chi connectivity index (χ2n) is 4.71. The first-order chi connectivity index (χ1) is 8.95. The third kappa shape index (κ3) is 4.59. The van der Waals surface area contributed by atoms with E-state index >= 15 is 0 Å². The molecule has 106 valence electrons. The van der Waals surface area contributed by atoms with Gasteiger partial charge >= 0.3 is 0 Å². The Morgan fingerprint density at radius 1 is 1.37 bits per heavy atom. The number of hydrogen-bond donors (Lipinski definition) is 2. The number of carbonyl (C=O) groups excluding carboxylic acids is 1. The van der Waals surface area contributed by atoms with E-state index in [-0.39, 0.29) is 23.9 Å². The van der Waals surface area contributed by atoms with Crippen molar-refractivity contribution in [2.75, 3.05) is 0 Å². The lowest BCUT2D eigenvalue weighted by Gasteiger charge is -2.17. The highest BCUT2D eigenvalue weighted by molar-refractivity contribution is 5.81. The van der Waals surface area contributed by atoms with Crippen molar-refractivity contribution in [2.24, 2.45) is 5.73 Å². The van der Waals surface area contributed by atoms with Gasteiger partial charge in [-0.1, -0.05) is 19.4 Å². The molecule has 0 aromatic heterocycles. The van der Waals surface area contributed by atoms with Gasteiger partial charge in [0.25, 0.3) is 0 Å². The molecule has 0 fully saturated rings. The molecule has 0 bridgehead atoms. The highest BCUT2D eigenvalue weighted by Gasteiger charge is 2.17. The van der Waals surface area contributed by atoms with Gasteiger partial charge in [0, 0.05) is 11.6 Å². The highest BCUT2D eigenvalue weighted by Crippen LogP contribution is 2.14. The molecule has 1 rings (SSSR count). The molecule has 0 saturated heterocycles. The summed E-state index contributed by atoms with van der Waals surface area (Å²) >= 11 is 0. The topological polar surface area (TPSA) is 55.1 Å². The second-order valence-corrected chi connectivity index (χ2v) is 4.71. The average Bonchev–Trinajstić information content (AvgIpc) is 2.34. The Balaban J connectivity index is 2.60. The molecule has 1 aromatic rings. The van der Waals surface area contributed by atoms with E-state index in [0.29, 0.717) is 6.42 Å². The zero-order valence-electron chi connectivity index (χ0n) is 11.2. The monoisotopic (exact) mass is 270 g/mol. The zero-order valence-corrected chi connectivity index (χ0v) is 11.2. The zero-order chi connectivity index (χ0) is 14.4. The van der Waals surface area contributed by atoms with Crippen LogP contribution in [0.15, 0.2) is 18.2 Å². The standard InChI is InChI=1S/C14H20F2N2O/c1-3-5-13(17)14(19)18-9(2)8-10-11(15)6-4-7-12(10)16/h4,6-7,9,13H,3,5,8,17H2,1-2H3,(H,18,19)/t9?,13-/m1/s1. The minimum Gasteiger partial charge on any atom is -0.352 e.